The van der Waals surface area contributed by atoms with E-state index in [4.69, 9.17) is 14.3 Å². The fourth-order valence-corrected chi connectivity index (χ4v) is 3.02. The first kappa shape index (κ1) is 16.0. The fourth-order valence-electron chi connectivity index (χ4n) is 3.02. The lowest BCUT2D eigenvalue weighted by Gasteiger charge is -2.26. The lowest BCUT2D eigenvalue weighted by atomic mass is 10.1. The highest BCUT2D eigenvalue weighted by molar-refractivity contribution is 5.91. The minimum Gasteiger partial charge on any atom is -0.475 e. The number of nitrogens with zero attached hydrogens (tertiary/aromatic N) is 1. The number of carboxylic acid groups (broad SMARTS) is 1. The van der Waals surface area contributed by atoms with Crippen LogP contribution in [0.25, 0.3) is 11.0 Å². The van der Waals surface area contributed by atoms with E-state index in [2.05, 4.69) is 18.7 Å². The SMILES string of the molecule is CC(C)C1CN(Cc2ccc3oc(C(=O)O)cc3c2)CCCO1. The van der Waals surface area contributed by atoms with Crippen molar-refractivity contribution in [2.45, 2.75) is 32.9 Å². The molecule has 1 saturated heterocycles. The van der Waals surface area contributed by atoms with Crippen LogP contribution in [0, 0.1) is 5.92 Å². The van der Waals surface area contributed by atoms with Crippen LogP contribution in [-0.4, -0.2) is 41.8 Å². The van der Waals surface area contributed by atoms with Gasteiger partial charge in [-0.2, -0.15) is 0 Å². The molecule has 0 aliphatic carbocycles. The van der Waals surface area contributed by atoms with Gasteiger partial charge in [-0.25, -0.2) is 4.79 Å². The van der Waals surface area contributed by atoms with Gasteiger partial charge >= 0.3 is 5.97 Å². The minimum atomic E-state index is -1.04. The first-order valence-corrected chi connectivity index (χ1v) is 8.12. The molecule has 1 N–H and O–H groups in total. The Balaban J connectivity index is 1.76. The molecule has 5 nitrogen and oxygen atoms in total. The summed E-state index contributed by atoms with van der Waals surface area (Å²) in [6.07, 6.45) is 1.31. The number of furan rings is 1. The van der Waals surface area contributed by atoms with Crippen LogP contribution >= 0.6 is 0 Å². The molecule has 1 aromatic heterocycles. The third-order valence-corrected chi connectivity index (χ3v) is 4.33. The molecule has 5 heteroatoms. The van der Waals surface area contributed by atoms with Gasteiger partial charge in [0.05, 0.1) is 6.10 Å². The summed E-state index contributed by atoms with van der Waals surface area (Å²) in [4.78, 5) is 13.4. The molecule has 1 unspecified atom stereocenters. The second-order valence-corrected chi connectivity index (χ2v) is 6.53. The minimum absolute atomic E-state index is 0.0137. The van der Waals surface area contributed by atoms with Crippen molar-refractivity contribution in [1.29, 1.82) is 0 Å². The van der Waals surface area contributed by atoms with Gasteiger partial charge in [0.1, 0.15) is 5.58 Å². The fraction of sp³-hybridized carbons (Fsp3) is 0.500. The van der Waals surface area contributed by atoms with Crippen LogP contribution in [0.4, 0.5) is 0 Å². The van der Waals surface area contributed by atoms with Crippen molar-refractivity contribution in [1.82, 2.24) is 4.90 Å². The Kier molecular flexibility index (Phi) is 4.68. The standard InChI is InChI=1S/C18H23NO4/c1-12(2)17-11-19(6-3-7-22-17)10-13-4-5-15-14(8-13)9-16(23-15)18(20)21/h4-5,8-9,12,17H,3,6-7,10-11H2,1-2H3,(H,20,21). The topological polar surface area (TPSA) is 62.9 Å². The number of carboxylic acids is 1. The van der Waals surface area contributed by atoms with Crippen LogP contribution in [0.1, 0.15) is 36.4 Å². The quantitative estimate of drug-likeness (QED) is 0.936. The normalized spacial score (nSPS) is 20.0. The maximum atomic E-state index is 11.0. The second kappa shape index (κ2) is 6.72. The Hall–Kier alpha value is -1.85. The molecule has 124 valence electrons. The molecule has 0 amide bonds. The Labute approximate surface area is 135 Å². The Morgan fingerprint density at radius 1 is 1.39 bits per heavy atom. The first-order valence-electron chi connectivity index (χ1n) is 8.12. The molecular formula is C18H23NO4. The van der Waals surface area contributed by atoms with E-state index >= 15 is 0 Å². The van der Waals surface area contributed by atoms with Crippen LogP contribution < -0.4 is 0 Å². The van der Waals surface area contributed by atoms with Crippen LogP contribution in [-0.2, 0) is 11.3 Å². The zero-order valence-electron chi connectivity index (χ0n) is 13.6. The summed E-state index contributed by atoms with van der Waals surface area (Å²) in [5, 5.41) is 9.85. The largest absolute Gasteiger partial charge is 0.475 e. The molecule has 0 bridgehead atoms. The van der Waals surface area contributed by atoms with Crippen molar-refractivity contribution in [3.63, 3.8) is 0 Å². The zero-order valence-corrected chi connectivity index (χ0v) is 13.6. The Bertz CT molecular complexity index is 691. The van der Waals surface area contributed by atoms with E-state index < -0.39 is 5.97 Å². The Morgan fingerprint density at radius 3 is 2.96 bits per heavy atom. The van der Waals surface area contributed by atoms with Crippen LogP contribution in [0.3, 0.4) is 0 Å². The van der Waals surface area contributed by atoms with Gasteiger partial charge in [-0.15, -0.1) is 0 Å². The first-order chi connectivity index (χ1) is 11.0. The predicted octanol–water partition coefficient (Wildman–Crippen LogP) is 3.38. The van der Waals surface area contributed by atoms with Crippen molar-refractivity contribution >= 4 is 16.9 Å². The van der Waals surface area contributed by atoms with Gasteiger partial charge in [-0.05, 0) is 36.1 Å². The summed E-state index contributed by atoms with van der Waals surface area (Å²) >= 11 is 0. The van der Waals surface area contributed by atoms with E-state index in [0.29, 0.717) is 11.5 Å². The molecule has 1 aliphatic heterocycles. The molecule has 2 heterocycles. The second-order valence-electron chi connectivity index (χ2n) is 6.53. The van der Waals surface area contributed by atoms with Crippen molar-refractivity contribution in [2.24, 2.45) is 5.92 Å². The van der Waals surface area contributed by atoms with Gasteiger partial charge in [0.15, 0.2) is 0 Å². The van der Waals surface area contributed by atoms with Gasteiger partial charge in [0, 0.05) is 31.6 Å². The molecule has 1 fully saturated rings. The molecule has 1 aliphatic rings. The van der Waals surface area contributed by atoms with Crippen LogP contribution in [0.5, 0.6) is 0 Å². The number of hydrogen-bond acceptors (Lipinski definition) is 4. The third-order valence-electron chi connectivity index (χ3n) is 4.33. The molecule has 0 radical (unpaired) electrons. The van der Waals surface area contributed by atoms with Gasteiger partial charge in [0.2, 0.25) is 5.76 Å². The van der Waals surface area contributed by atoms with Gasteiger partial charge in [-0.3, -0.25) is 4.90 Å². The van der Waals surface area contributed by atoms with Gasteiger partial charge in [-0.1, -0.05) is 19.9 Å². The maximum Gasteiger partial charge on any atom is 0.371 e. The molecule has 1 aromatic carbocycles. The lowest BCUT2D eigenvalue weighted by molar-refractivity contribution is 0.0222. The number of ether oxygens (including phenoxy) is 1. The van der Waals surface area contributed by atoms with E-state index in [1.165, 1.54) is 5.56 Å². The number of rotatable bonds is 4. The van der Waals surface area contributed by atoms with E-state index in [1.807, 2.05) is 18.2 Å². The van der Waals surface area contributed by atoms with E-state index in [1.54, 1.807) is 6.07 Å². The molecule has 2 aromatic rings. The third kappa shape index (κ3) is 3.74. The summed E-state index contributed by atoms with van der Waals surface area (Å²) in [5.74, 6) is -0.544. The number of benzene rings is 1. The number of aromatic carboxylic acids is 1. The van der Waals surface area contributed by atoms with Crippen molar-refractivity contribution in [3.05, 3.63) is 35.6 Å². The molecule has 23 heavy (non-hydrogen) atoms. The average molecular weight is 317 g/mol. The highest BCUT2D eigenvalue weighted by Crippen LogP contribution is 2.22. The average Bonchev–Trinajstić information content (AvgIpc) is 2.79. The summed E-state index contributed by atoms with van der Waals surface area (Å²) < 4.78 is 11.2. The van der Waals surface area contributed by atoms with E-state index in [9.17, 15) is 4.79 Å². The zero-order chi connectivity index (χ0) is 16.4. The van der Waals surface area contributed by atoms with E-state index in [0.717, 1.165) is 38.0 Å². The molecule has 3 rings (SSSR count). The lowest BCUT2D eigenvalue weighted by Crippen LogP contribution is -2.34. The predicted molar refractivity (Wildman–Crippen MR) is 87.6 cm³/mol. The highest BCUT2D eigenvalue weighted by Gasteiger charge is 2.21. The van der Waals surface area contributed by atoms with Crippen molar-refractivity contribution in [3.8, 4) is 0 Å². The summed E-state index contributed by atoms with van der Waals surface area (Å²) in [5.41, 5.74) is 1.78. The summed E-state index contributed by atoms with van der Waals surface area (Å²) in [7, 11) is 0. The van der Waals surface area contributed by atoms with Gasteiger partial charge < -0.3 is 14.3 Å². The maximum absolute atomic E-state index is 11.0. The van der Waals surface area contributed by atoms with Crippen molar-refractivity contribution < 1.29 is 19.1 Å². The highest BCUT2D eigenvalue weighted by atomic mass is 16.5. The summed E-state index contributed by atoms with van der Waals surface area (Å²) in [6.45, 7) is 8.00. The molecule has 0 spiro atoms. The van der Waals surface area contributed by atoms with Crippen LogP contribution in [0.15, 0.2) is 28.7 Å². The summed E-state index contributed by atoms with van der Waals surface area (Å²) in [6, 6.07) is 7.46. The number of carbonyl (C=O) groups is 1. The number of hydrogen-bond donors (Lipinski definition) is 1. The van der Waals surface area contributed by atoms with Crippen LogP contribution in [0.2, 0.25) is 0 Å². The van der Waals surface area contributed by atoms with E-state index in [-0.39, 0.29) is 11.9 Å². The Morgan fingerprint density at radius 2 is 2.22 bits per heavy atom. The van der Waals surface area contributed by atoms with Crippen molar-refractivity contribution in [2.75, 3.05) is 19.7 Å². The smallest absolute Gasteiger partial charge is 0.371 e. The number of fused-ring (bicyclic) bond motifs is 1. The molecule has 0 saturated carbocycles. The molecular weight excluding hydrogens is 294 g/mol. The monoisotopic (exact) mass is 317 g/mol. The molecule has 1 atom stereocenters. The van der Waals surface area contributed by atoms with Gasteiger partial charge in [0.25, 0.3) is 0 Å².